The van der Waals surface area contributed by atoms with Crippen LogP contribution in [0.5, 0.6) is 11.6 Å². The van der Waals surface area contributed by atoms with E-state index in [0.717, 1.165) is 12.1 Å². The van der Waals surface area contributed by atoms with Crippen LogP contribution in [0.15, 0.2) is 54.7 Å². The molecule has 0 atom stereocenters. The summed E-state index contributed by atoms with van der Waals surface area (Å²) in [6, 6.07) is 9.78. The first kappa shape index (κ1) is 22.7. The fourth-order valence-electron chi connectivity index (χ4n) is 2.85. The van der Waals surface area contributed by atoms with E-state index >= 15 is 0 Å². The van der Waals surface area contributed by atoms with Crippen molar-refractivity contribution in [3.8, 4) is 11.6 Å². The average Bonchev–Trinajstić information content (AvgIpc) is 2.72. The second-order valence-corrected chi connectivity index (χ2v) is 7.16. The fourth-order valence-corrected chi connectivity index (χ4v) is 2.85. The van der Waals surface area contributed by atoms with E-state index in [1.807, 2.05) is 13.8 Å². The molecule has 0 aliphatic rings. The molecule has 3 rings (SSSR count). The second kappa shape index (κ2) is 9.86. The molecule has 0 unspecified atom stereocenters. The van der Waals surface area contributed by atoms with Gasteiger partial charge in [-0.15, -0.1) is 0 Å². The predicted molar refractivity (Wildman–Crippen MR) is 114 cm³/mol. The standard InChI is InChI=1S/C23H21F2N3O4/c1-13(2)32-23-14(4-3-7-26-23)12-27-22(31)19-6-5-18(11-20(19)29)28-21(30)15-8-16(24)10-17(25)9-15/h3-11,13,29H,12H2,1-2H3,(H,27,31)(H,28,30). The zero-order chi connectivity index (χ0) is 23.3. The highest BCUT2D eigenvalue weighted by Gasteiger charge is 2.15. The highest BCUT2D eigenvalue weighted by Crippen LogP contribution is 2.23. The summed E-state index contributed by atoms with van der Waals surface area (Å²) in [5.74, 6) is -3.07. The summed E-state index contributed by atoms with van der Waals surface area (Å²) < 4.78 is 32.2. The van der Waals surface area contributed by atoms with Gasteiger partial charge >= 0.3 is 0 Å². The summed E-state index contributed by atoms with van der Waals surface area (Å²) in [5.41, 5.74) is 0.573. The average molecular weight is 441 g/mol. The largest absolute Gasteiger partial charge is 0.507 e. The van der Waals surface area contributed by atoms with Crippen molar-refractivity contribution in [1.82, 2.24) is 10.3 Å². The van der Waals surface area contributed by atoms with E-state index in [9.17, 15) is 23.5 Å². The van der Waals surface area contributed by atoms with Crippen LogP contribution in [0.25, 0.3) is 0 Å². The Hall–Kier alpha value is -4.01. The summed E-state index contributed by atoms with van der Waals surface area (Å²) in [4.78, 5) is 28.8. The van der Waals surface area contributed by atoms with Crippen molar-refractivity contribution >= 4 is 17.5 Å². The van der Waals surface area contributed by atoms with Crippen LogP contribution in [0.4, 0.5) is 14.5 Å². The molecule has 2 amide bonds. The highest BCUT2D eigenvalue weighted by atomic mass is 19.1. The number of aromatic hydroxyl groups is 1. The molecule has 0 spiro atoms. The van der Waals surface area contributed by atoms with Crippen LogP contribution in [0.2, 0.25) is 0 Å². The van der Waals surface area contributed by atoms with Gasteiger partial charge in [0.1, 0.15) is 17.4 Å². The number of aromatic nitrogens is 1. The minimum absolute atomic E-state index is 0.0185. The maximum atomic E-state index is 13.3. The van der Waals surface area contributed by atoms with Crippen molar-refractivity contribution < 1.29 is 28.2 Å². The van der Waals surface area contributed by atoms with Gasteiger partial charge in [-0.1, -0.05) is 6.07 Å². The summed E-state index contributed by atoms with van der Waals surface area (Å²) in [7, 11) is 0. The number of rotatable bonds is 7. The monoisotopic (exact) mass is 441 g/mol. The second-order valence-electron chi connectivity index (χ2n) is 7.16. The van der Waals surface area contributed by atoms with Crippen LogP contribution in [0.1, 0.15) is 40.1 Å². The van der Waals surface area contributed by atoms with Gasteiger partial charge in [0.2, 0.25) is 5.88 Å². The molecule has 0 saturated heterocycles. The molecule has 0 saturated carbocycles. The van der Waals surface area contributed by atoms with Crippen molar-refractivity contribution in [2.24, 2.45) is 0 Å². The number of nitrogens with one attached hydrogen (secondary N) is 2. The Kier molecular flexibility index (Phi) is 6.99. The third-order valence-corrected chi connectivity index (χ3v) is 4.26. The number of hydrogen-bond donors (Lipinski definition) is 3. The number of halogens is 2. The summed E-state index contributed by atoms with van der Waals surface area (Å²) in [6.07, 6.45) is 1.50. The Morgan fingerprint density at radius 1 is 1.06 bits per heavy atom. The number of nitrogens with zero attached hydrogens (tertiary/aromatic N) is 1. The van der Waals surface area contributed by atoms with Gasteiger partial charge in [-0.05, 0) is 44.2 Å². The molecule has 3 aromatic rings. The molecule has 9 heteroatoms. The normalized spacial score (nSPS) is 10.7. The number of phenolic OH excluding ortho intramolecular Hbond substituents is 1. The number of ether oxygens (including phenoxy) is 1. The Balaban J connectivity index is 1.67. The lowest BCUT2D eigenvalue weighted by Gasteiger charge is -2.14. The number of anilines is 1. The SMILES string of the molecule is CC(C)Oc1ncccc1CNC(=O)c1ccc(NC(=O)c2cc(F)cc(F)c2)cc1O. The Bertz CT molecular complexity index is 1130. The van der Waals surface area contributed by atoms with Crippen LogP contribution in [-0.2, 0) is 6.54 Å². The number of benzene rings is 2. The zero-order valence-corrected chi connectivity index (χ0v) is 17.4. The lowest BCUT2D eigenvalue weighted by molar-refractivity contribution is 0.0947. The number of hydrogen-bond acceptors (Lipinski definition) is 5. The van der Waals surface area contributed by atoms with E-state index in [2.05, 4.69) is 15.6 Å². The molecule has 166 valence electrons. The Labute approximate surface area is 183 Å². The van der Waals surface area contributed by atoms with E-state index < -0.39 is 23.4 Å². The number of carbonyl (C=O) groups excluding carboxylic acids is 2. The van der Waals surface area contributed by atoms with Gasteiger partial charge in [-0.3, -0.25) is 9.59 Å². The number of phenols is 1. The summed E-state index contributed by atoms with van der Waals surface area (Å²) in [6.45, 7) is 3.85. The van der Waals surface area contributed by atoms with Crippen LogP contribution < -0.4 is 15.4 Å². The zero-order valence-electron chi connectivity index (χ0n) is 17.4. The van der Waals surface area contributed by atoms with Crippen molar-refractivity contribution in [3.63, 3.8) is 0 Å². The molecular weight excluding hydrogens is 420 g/mol. The van der Waals surface area contributed by atoms with Gasteiger partial charge in [0, 0.05) is 41.7 Å². The quantitative estimate of drug-likeness (QED) is 0.514. The lowest BCUT2D eigenvalue weighted by atomic mass is 10.1. The van der Waals surface area contributed by atoms with Gasteiger partial charge in [0.15, 0.2) is 0 Å². The predicted octanol–water partition coefficient (Wildman–Crippen LogP) is 4.03. The molecule has 0 bridgehead atoms. The van der Waals surface area contributed by atoms with Gasteiger partial charge in [-0.25, -0.2) is 13.8 Å². The fraction of sp³-hybridized carbons (Fsp3) is 0.174. The molecule has 2 aromatic carbocycles. The Morgan fingerprint density at radius 2 is 1.78 bits per heavy atom. The first-order valence-corrected chi connectivity index (χ1v) is 9.72. The molecule has 7 nitrogen and oxygen atoms in total. The topological polar surface area (TPSA) is 101 Å². The molecule has 0 radical (unpaired) electrons. The molecule has 3 N–H and O–H groups in total. The van der Waals surface area contributed by atoms with Crippen LogP contribution in [0, 0.1) is 11.6 Å². The maximum Gasteiger partial charge on any atom is 0.255 e. The minimum atomic E-state index is -0.888. The van der Waals surface area contributed by atoms with Crippen LogP contribution >= 0.6 is 0 Å². The van der Waals surface area contributed by atoms with Crippen molar-refractivity contribution in [3.05, 3.63) is 83.1 Å². The number of carbonyl (C=O) groups is 2. The highest BCUT2D eigenvalue weighted by molar-refractivity contribution is 6.05. The van der Waals surface area contributed by atoms with Crippen molar-refractivity contribution in [1.29, 1.82) is 0 Å². The molecule has 1 aromatic heterocycles. The number of pyridine rings is 1. The van der Waals surface area contributed by atoms with Crippen LogP contribution in [-0.4, -0.2) is 28.0 Å². The minimum Gasteiger partial charge on any atom is -0.507 e. The van der Waals surface area contributed by atoms with E-state index in [0.29, 0.717) is 17.5 Å². The number of amides is 2. The summed E-state index contributed by atoms with van der Waals surface area (Å²) in [5, 5.41) is 15.3. The third-order valence-electron chi connectivity index (χ3n) is 4.26. The van der Waals surface area contributed by atoms with E-state index in [1.165, 1.54) is 18.2 Å². The first-order valence-electron chi connectivity index (χ1n) is 9.72. The molecule has 0 fully saturated rings. The van der Waals surface area contributed by atoms with Gasteiger partial charge in [0.25, 0.3) is 11.8 Å². The van der Waals surface area contributed by atoms with E-state index in [-0.39, 0.29) is 35.2 Å². The van der Waals surface area contributed by atoms with Gasteiger partial charge in [-0.2, -0.15) is 0 Å². The molecule has 1 heterocycles. The summed E-state index contributed by atoms with van der Waals surface area (Å²) >= 11 is 0. The van der Waals surface area contributed by atoms with Gasteiger partial charge < -0.3 is 20.5 Å². The smallest absolute Gasteiger partial charge is 0.255 e. The lowest BCUT2D eigenvalue weighted by Crippen LogP contribution is -2.24. The molecule has 0 aliphatic heterocycles. The van der Waals surface area contributed by atoms with Gasteiger partial charge in [0.05, 0.1) is 11.7 Å². The van der Waals surface area contributed by atoms with Crippen LogP contribution in [0.3, 0.4) is 0 Å². The van der Waals surface area contributed by atoms with Crippen molar-refractivity contribution in [2.75, 3.05) is 5.32 Å². The Morgan fingerprint density at radius 3 is 2.44 bits per heavy atom. The third kappa shape index (κ3) is 5.78. The van der Waals surface area contributed by atoms with Crippen molar-refractivity contribution in [2.45, 2.75) is 26.5 Å². The van der Waals surface area contributed by atoms with E-state index in [4.69, 9.17) is 4.74 Å². The molecule has 32 heavy (non-hydrogen) atoms. The maximum absolute atomic E-state index is 13.3. The first-order chi connectivity index (χ1) is 15.2. The molecule has 0 aliphatic carbocycles. The molecular formula is C23H21F2N3O4. The van der Waals surface area contributed by atoms with E-state index in [1.54, 1.807) is 18.3 Å².